The molecule has 1 fully saturated rings. The number of hydrogen-bond acceptors (Lipinski definition) is 3. The van der Waals surface area contributed by atoms with Crippen LogP contribution in [0.5, 0.6) is 0 Å². The third-order valence-corrected chi connectivity index (χ3v) is 2.94. The largest absolute Gasteiger partial charge is 0.460 e. The minimum atomic E-state index is -0.441. The maximum Gasteiger partial charge on any atom is 0.310 e. The maximum atomic E-state index is 11.8. The summed E-state index contributed by atoms with van der Waals surface area (Å²) in [5.74, 6) is -0.202. The highest BCUT2D eigenvalue weighted by Crippen LogP contribution is 2.39. The third kappa shape index (κ3) is 2.10. The summed E-state index contributed by atoms with van der Waals surface area (Å²) in [5.41, 5.74) is -0.441. The summed E-state index contributed by atoms with van der Waals surface area (Å²) in [6, 6.07) is 0.120. The van der Waals surface area contributed by atoms with Gasteiger partial charge < -0.3 is 10.1 Å². The summed E-state index contributed by atoms with van der Waals surface area (Å²) in [6.07, 6.45) is 4.01. The van der Waals surface area contributed by atoms with E-state index in [1.807, 2.05) is 26.8 Å². The van der Waals surface area contributed by atoms with Gasteiger partial charge in [-0.25, -0.2) is 0 Å². The van der Waals surface area contributed by atoms with Crippen molar-refractivity contribution in [2.45, 2.75) is 38.8 Å². The fourth-order valence-corrected chi connectivity index (χ4v) is 2.16. The Kier molecular flexibility index (Phi) is 2.52. The van der Waals surface area contributed by atoms with Crippen molar-refractivity contribution in [2.24, 2.45) is 11.8 Å². The fourth-order valence-electron chi connectivity index (χ4n) is 2.16. The van der Waals surface area contributed by atoms with E-state index in [1.54, 1.807) is 0 Å². The Bertz CT molecular complexity index is 354. The van der Waals surface area contributed by atoms with Crippen LogP contribution in [0, 0.1) is 11.8 Å². The lowest BCUT2D eigenvalue weighted by Gasteiger charge is -2.44. The first-order chi connectivity index (χ1) is 7.37. The molecule has 0 aromatic rings. The number of nitrogens with one attached hydrogen (secondary N) is 1. The predicted molar refractivity (Wildman–Crippen MR) is 58.5 cm³/mol. The van der Waals surface area contributed by atoms with Crippen molar-refractivity contribution >= 4 is 11.9 Å². The molecule has 4 heteroatoms. The Morgan fingerprint density at radius 3 is 2.75 bits per heavy atom. The van der Waals surface area contributed by atoms with Crippen LogP contribution in [0.25, 0.3) is 0 Å². The van der Waals surface area contributed by atoms with Crippen LogP contribution in [-0.2, 0) is 14.3 Å². The second-order valence-corrected chi connectivity index (χ2v) is 5.43. The molecule has 0 radical (unpaired) electrons. The molecule has 1 aliphatic carbocycles. The number of fused-ring (bicyclic) bond motifs is 1. The van der Waals surface area contributed by atoms with E-state index in [0.717, 1.165) is 0 Å². The Morgan fingerprint density at radius 1 is 1.50 bits per heavy atom. The van der Waals surface area contributed by atoms with Gasteiger partial charge in [0.2, 0.25) is 5.91 Å². The topological polar surface area (TPSA) is 55.4 Å². The van der Waals surface area contributed by atoms with Gasteiger partial charge in [-0.2, -0.15) is 0 Å². The van der Waals surface area contributed by atoms with Crippen LogP contribution in [-0.4, -0.2) is 23.5 Å². The Hall–Kier alpha value is -1.32. The molecule has 1 amide bonds. The van der Waals surface area contributed by atoms with Gasteiger partial charge in [-0.1, -0.05) is 6.08 Å². The lowest BCUT2D eigenvalue weighted by Crippen LogP contribution is -2.56. The molecule has 1 heterocycles. The van der Waals surface area contributed by atoms with Crippen LogP contribution in [0.3, 0.4) is 0 Å². The minimum Gasteiger partial charge on any atom is -0.460 e. The lowest BCUT2D eigenvalue weighted by atomic mass is 9.68. The summed E-state index contributed by atoms with van der Waals surface area (Å²) in [4.78, 5) is 22.9. The van der Waals surface area contributed by atoms with Gasteiger partial charge in [-0.3, -0.25) is 9.59 Å². The molecule has 1 saturated carbocycles. The quantitative estimate of drug-likeness (QED) is 0.675. The van der Waals surface area contributed by atoms with Crippen LogP contribution in [0.2, 0.25) is 0 Å². The van der Waals surface area contributed by atoms with Gasteiger partial charge in [0.05, 0.1) is 5.92 Å². The van der Waals surface area contributed by atoms with Crippen molar-refractivity contribution in [1.29, 1.82) is 0 Å². The smallest absolute Gasteiger partial charge is 0.310 e. The van der Waals surface area contributed by atoms with Crippen molar-refractivity contribution in [3.05, 3.63) is 12.2 Å². The molecule has 16 heavy (non-hydrogen) atoms. The van der Waals surface area contributed by atoms with Crippen molar-refractivity contribution in [2.75, 3.05) is 0 Å². The average Bonchev–Trinajstić information content (AvgIpc) is 2.06. The summed E-state index contributed by atoms with van der Waals surface area (Å²) < 4.78 is 5.33. The molecule has 2 aliphatic rings. The number of ether oxygens (including phenoxy) is 1. The first-order valence-electron chi connectivity index (χ1n) is 5.58. The highest BCUT2D eigenvalue weighted by Gasteiger charge is 2.47. The van der Waals surface area contributed by atoms with Gasteiger partial charge in [0, 0.05) is 12.0 Å². The zero-order chi connectivity index (χ0) is 11.9. The standard InChI is InChI=1S/C12H17NO3/c1-12(2,3)16-11(15)8-6-9-7(8)4-5-10(14)13-9/h4-5,7-9H,6H2,1-3H3,(H,13,14)/t7-,8+,9+/m1/s1. The number of carbonyl (C=O) groups excluding carboxylic acids is 2. The number of amides is 1. The van der Waals surface area contributed by atoms with Crippen molar-refractivity contribution in [3.63, 3.8) is 0 Å². The third-order valence-electron chi connectivity index (χ3n) is 2.94. The Balaban J connectivity index is 1.97. The molecular weight excluding hydrogens is 206 g/mol. The number of esters is 1. The highest BCUT2D eigenvalue weighted by atomic mass is 16.6. The second-order valence-electron chi connectivity index (χ2n) is 5.43. The van der Waals surface area contributed by atoms with E-state index in [4.69, 9.17) is 4.74 Å². The van der Waals surface area contributed by atoms with Gasteiger partial charge in [-0.15, -0.1) is 0 Å². The van der Waals surface area contributed by atoms with E-state index in [1.165, 1.54) is 6.08 Å². The molecule has 0 aromatic heterocycles. The van der Waals surface area contributed by atoms with Crippen LogP contribution in [0.15, 0.2) is 12.2 Å². The second kappa shape index (κ2) is 3.61. The van der Waals surface area contributed by atoms with Crippen LogP contribution < -0.4 is 5.32 Å². The van der Waals surface area contributed by atoms with Crippen LogP contribution in [0.4, 0.5) is 0 Å². The Morgan fingerprint density at radius 2 is 2.19 bits per heavy atom. The minimum absolute atomic E-state index is 0.0658. The molecule has 4 nitrogen and oxygen atoms in total. The molecule has 0 aromatic carbocycles. The first kappa shape index (κ1) is 11.2. The number of carbonyl (C=O) groups is 2. The molecule has 0 spiro atoms. The molecule has 2 rings (SSSR count). The van der Waals surface area contributed by atoms with Gasteiger partial charge in [0.25, 0.3) is 0 Å². The van der Waals surface area contributed by atoms with Crippen molar-refractivity contribution < 1.29 is 14.3 Å². The van der Waals surface area contributed by atoms with Gasteiger partial charge in [0.15, 0.2) is 0 Å². The molecule has 1 N–H and O–H groups in total. The number of hydrogen-bond donors (Lipinski definition) is 1. The summed E-state index contributed by atoms with van der Waals surface area (Å²) >= 11 is 0. The lowest BCUT2D eigenvalue weighted by molar-refractivity contribution is -0.167. The molecule has 0 saturated heterocycles. The summed E-state index contributed by atoms with van der Waals surface area (Å²) in [5, 5.41) is 2.83. The van der Waals surface area contributed by atoms with Crippen molar-refractivity contribution in [1.82, 2.24) is 5.32 Å². The van der Waals surface area contributed by atoms with Gasteiger partial charge in [0.1, 0.15) is 5.60 Å². The molecule has 0 bridgehead atoms. The van der Waals surface area contributed by atoms with Gasteiger partial charge in [-0.05, 0) is 33.3 Å². The van der Waals surface area contributed by atoms with E-state index in [9.17, 15) is 9.59 Å². The zero-order valence-electron chi connectivity index (χ0n) is 9.82. The fraction of sp³-hybridized carbons (Fsp3) is 0.667. The first-order valence-corrected chi connectivity index (χ1v) is 5.58. The predicted octanol–water partition coefficient (Wildman–Crippen LogP) is 1.02. The summed E-state index contributed by atoms with van der Waals surface area (Å²) in [6.45, 7) is 5.58. The van der Waals surface area contributed by atoms with Crippen LogP contribution in [0.1, 0.15) is 27.2 Å². The van der Waals surface area contributed by atoms with Crippen molar-refractivity contribution in [3.8, 4) is 0 Å². The highest BCUT2D eigenvalue weighted by molar-refractivity contribution is 5.90. The average molecular weight is 223 g/mol. The van der Waals surface area contributed by atoms with E-state index < -0.39 is 5.60 Å². The van der Waals surface area contributed by atoms with E-state index >= 15 is 0 Å². The molecule has 88 valence electrons. The molecule has 1 aliphatic heterocycles. The monoisotopic (exact) mass is 223 g/mol. The van der Waals surface area contributed by atoms with E-state index in [0.29, 0.717) is 6.42 Å². The van der Waals surface area contributed by atoms with Gasteiger partial charge >= 0.3 is 5.97 Å². The number of rotatable bonds is 1. The molecular formula is C12H17NO3. The molecule has 0 unspecified atom stereocenters. The summed E-state index contributed by atoms with van der Waals surface area (Å²) in [7, 11) is 0. The van der Waals surface area contributed by atoms with E-state index in [-0.39, 0.29) is 29.8 Å². The van der Waals surface area contributed by atoms with E-state index in [2.05, 4.69) is 5.32 Å². The maximum absolute atomic E-state index is 11.8. The Labute approximate surface area is 95.0 Å². The normalized spacial score (nSPS) is 32.4. The SMILES string of the molecule is CC(C)(C)OC(=O)[C@H]1C[C@@H]2NC(=O)C=C[C@@H]21. The van der Waals surface area contributed by atoms with Crippen LogP contribution >= 0.6 is 0 Å². The molecule has 3 atom stereocenters. The zero-order valence-corrected chi connectivity index (χ0v) is 9.82.